The minimum Gasteiger partial charge on any atom is -0.316 e. The Morgan fingerprint density at radius 1 is 1.13 bits per heavy atom. The first-order valence-corrected chi connectivity index (χ1v) is 6.67. The van der Waals surface area contributed by atoms with E-state index < -0.39 is 0 Å². The number of rotatable bonds is 10. The van der Waals surface area contributed by atoms with Crippen LogP contribution in [0.25, 0.3) is 0 Å². The molecule has 0 aliphatic rings. The topological polar surface area (TPSA) is 15.3 Å². The van der Waals surface area contributed by atoms with E-state index >= 15 is 0 Å². The summed E-state index contributed by atoms with van der Waals surface area (Å²) in [4.78, 5) is 2.57. The first-order valence-electron chi connectivity index (χ1n) is 6.67. The Balaban J connectivity index is 3.55. The molecule has 0 amide bonds. The number of nitrogens with zero attached hydrogens (tertiary/aromatic N) is 1. The molecule has 0 rings (SSSR count). The second-order valence-corrected chi connectivity index (χ2v) is 4.56. The lowest BCUT2D eigenvalue weighted by molar-refractivity contribution is 0.242. The largest absolute Gasteiger partial charge is 0.316 e. The molecular formula is C13H30N2. The Bertz CT molecular complexity index is 126. The Morgan fingerprint density at radius 3 is 2.40 bits per heavy atom. The molecule has 0 saturated carbocycles. The summed E-state index contributed by atoms with van der Waals surface area (Å²) in [5.41, 5.74) is 0. The van der Waals surface area contributed by atoms with Crippen molar-refractivity contribution in [3.63, 3.8) is 0 Å². The van der Waals surface area contributed by atoms with Crippen molar-refractivity contribution in [2.24, 2.45) is 5.92 Å². The zero-order chi connectivity index (χ0) is 11.5. The number of unbranched alkanes of at least 4 members (excludes halogenated alkanes) is 1. The normalized spacial score (nSPS) is 13.4. The fraction of sp³-hybridized carbons (Fsp3) is 1.00. The highest BCUT2D eigenvalue weighted by Crippen LogP contribution is 2.01. The third-order valence-electron chi connectivity index (χ3n) is 2.76. The number of hydrogen-bond acceptors (Lipinski definition) is 2. The van der Waals surface area contributed by atoms with Crippen LogP contribution in [0, 0.1) is 5.92 Å². The number of nitrogens with one attached hydrogen (secondary N) is 1. The highest BCUT2D eigenvalue weighted by Gasteiger charge is 2.07. The molecule has 2 nitrogen and oxygen atoms in total. The summed E-state index contributed by atoms with van der Waals surface area (Å²) >= 11 is 0. The maximum atomic E-state index is 3.49. The van der Waals surface area contributed by atoms with Crippen LogP contribution in [0.2, 0.25) is 0 Å². The summed E-state index contributed by atoms with van der Waals surface area (Å²) in [6.45, 7) is 15.1. The standard InChI is InChI=1S/C13H30N2/c1-5-8-10-15(7-3)12-13(4)11-14-9-6-2/h13-14H,5-12H2,1-4H3. The molecule has 92 valence electrons. The molecule has 0 saturated heterocycles. The van der Waals surface area contributed by atoms with Gasteiger partial charge in [0.2, 0.25) is 0 Å². The average Bonchev–Trinajstić information content (AvgIpc) is 2.24. The molecule has 1 N–H and O–H groups in total. The van der Waals surface area contributed by atoms with Crippen LogP contribution in [-0.2, 0) is 0 Å². The van der Waals surface area contributed by atoms with E-state index in [1.165, 1.54) is 38.9 Å². The van der Waals surface area contributed by atoms with Gasteiger partial charge in [-0.3, -0.25) is 0 Å². The van der Waals surface area contributed by atoms with Crippen molar-refractivity contribution >= 4 is 0 Å². The van der Waals surface area contributed by atoms with Crippen LogP contribution in [0.3, 0.4) is 0 Å². The van der Waals surface area contributed by atoms with E-state index in [0.29, 0.717) is 0 Å². The fourth-order valence-corrected chi connectivity index (χ4v) is 1.79. The molecule has 0 heterocycles. The molecule has 0 radical (unpaired) electrons. The van der Waals surface area contributed by atoms with Gasteiger partial charge in [0.15, 0.2) is 0 Å². The maximum absolute atomic E-state index is 3.49. The summed E-state index contributed by atoms with van der Waals surface area (Å²) < 4.78 is 0. The van der Waals surface area contributed by atoms with Gasteiger partial charge in [-0.25, -0.2) is 0 Å². The second kappa shape index (κ2) is 10.4. The lowest BCUT2D eigenvalue weighted by atomic mass is 10.1. The van der Waals surface area contributed by atoms with Gasteiger partial charge in [0, 0.05) is 6.54 Å². The van der Waals surface area contributed by atoms with Crippen LogP contribution < -0.4 is 5.32 Å². The third-order valence-corrected chi connectivity index (χ3v) is 2.76. The smallest absolute Gasteiger partial charge is 0.00190 e. The molecule has 15 heavy (non-hydrogen) atoms. The van der Waals surface area contributed by atoms with Gasteiger partial charge in [-0.1, -0.05) is 34.1 Å². The Labute approximate surface area is 96.4 Å². The van der Waals surface area contributed by atoms with Crippen molar-refractivity contribution in [1.82, 2.24) is 10.2 Å². The van der Waals surface area contributed by atoms with Crippen LogP contribution in [0.1, 0.15) is 47.0 Å². The molecule has 0 aromatic carbocycles. The van der Waals surface area contributed by atoms with Gasteiger partial charge in [0.05, 0.1) is 0 Å². The molecule has 0 bridgehead atoms. The van der Waals surface area contributed by atoms with Gasteiger partial charge in [-0.2, -0.15) is 0 Å². The summed E-state index contributed by atoms with van der Waals surface area (Å²) in [5, 5.41) is 3.49. The highest BCUT2D eigenvalue weighted by atomic mass is 15.1. The van der Waals surface area contributed by atoms with Gasteiger partial charge in [0.25, 0.3) is 0 Å². The van der Waals surface area contributed by atoms with Crippen LogP contribution in [-0.4, -0.2) is 37.6 Å². The average molecular weight is 214 g/mol. The highest BCUT2D eigenvalue weighted by molar-refractivity contribution is 4.63. The van der Waals surface area contributed by atoms with Crippen molar-refractivity contribution in [1.29, 1.82) is 0 Å². The maximum Gasteiger partial charge on any atom is 0.00190 e. The summed E-state index contributed by atoms with van der Waals surface area (Å²) in [5.74, 6) is 0.772. The monoisotopic (exact) mass is 214 g/mol. The molecule has 0 aromatic rings. The van der Waals surface area contributed by atoms with E-state index in [0.717, 1.165) is 19.0 Å². The van der Waals surface area contributed by atoms with E-state index in [4.69, 9.17) is 0 Å². The van der Waals surface area contributed by atoms with E-state index in [-0.39, 0.29) is 0 Å². The van der Waals surface area contributed by atoms with Gasteiger partial charge in [-0.05, 0) is 44.9 Å². The SMILES string of the molecule is CCCCN(CC)CC(C)CNCCC. The van der Waals surface area contributed by atoms with Crippen molar-refractivity contribution in [3.8, 4) is 0 Å². The van der Waals surface area contributed by atoms with Crippen LogP contribution in [0.5, 0.6) is 0 Å². The van der Waals surface area contributed by atoms with Gasteiger partial charge >= 0.3 is 0 Å². The minimum absolute atomic E-state index is 0.772. The van der Waals surface area contributed by atoms with Crippen LogP contribution in [0.4, 0.5) is 0 Å². The molecule has 0 aliphatic carbocycles. The van der Waals surface area contributed by atoms with Crippen molar-refractivity contribution in [3.05, 3.63) is 0 Å². The molecule has 0 aliphatic heterocycles. The Kier molecular flexibility index (Phi) is 10.4. The number of hydrogen-bond donors (Lipinski definition) is 1. The first-order chi connectivity index (χ1) is 7.24. The molecular weight excluding hydrogens is 184 g/mol. The Hall–Kier alpha value is -0.0800. The van der Waals surface area contributed by atoms with Crippen LogP contribution in [0.15, 0.2) is 0 Å². The molecule has 0 aromatic heterocycles. The molecule has 1 atom stereocenters. The third kappa shape index (κ3) is 8.88. The van der Waals surface area contributed by atoms with E-state index in [1.54, 1.807) is 0 Å². The predicted octanol–water partition coefficient (Wildman–Crippen LogP) is 2.74. The molecule has 1 unspecified atom stereocenters. The van der Waals surface area contributed by atoms with E-state index in [1.807, 2.05) is 0 Å². The summed E-state index contributed by atoms with van der Waals surface area (Å²) in [7, 11) is 0. The quantitative estimate of drug-likeness (QED) is 0.563. The predicted molar refractivity (Wildman–Crippen MR) is 69.3 cm³/mol. The summed E-state index contributed by atoms with van der Waals surface area (Å²) in [6.07, 6.45) is 3.88. The van der Waals surface area contributed by atoms with Crippen molar-refractivity contribution in [2.75, 3.05) is 32.7 Å². The van der Waals surface area contributed by atoms with Gasteiger partial charge in [0.1, 0.15) is 0 Å². The zero-order valence-electron chi connectivity index (χ0n) is 11.2. The fourth-order valence-electron chi connectivity index (χ4n) is 1.79. The molecule has 2 heteroatoms. The lowest BCUT2D eigenvalue weighted by Crippen LogP contribution is -2.34. The summed E-state index contributed by atoms with van der Waals surface area (Å²) in [6, 6.07) is 0. The van der Waals surface area contributed by atoms with Gasteiger partial charge in [-0.15, -0.1) is 0 Å². The van der Waals surface area contributed by atoms with E-state index in [2.05, 4.69) is 37.9 Å². The zero-order valence-corrected chi connectivity index (χ0v) is 11.2. The van der Waals surface area contributed by atoms with E-state index in [9.17, 15) is 0 Å². The molecule has 0 fully saturated rings. The molecule has 0 spiro atoms. The Morgan fingerprint density at radius 2 is 1.87 bits per heavy atom. The lowest BCUT2D eigenvalue weighted by Gasteiger charge is -2.24. The first kappa shape index (κ1) is 14.9. The minimum atomic E-state index is 0.772. The van der Waals surface area contributed by atoms with Gasteiger partial charge < -0.3 is 10.2 Å². The second-order valence-electron chi connectivity index (χ2n) is 4.56. The van der Waals surface area contributed by atoms with Crippen molar-refractivity contribution in [2.45, 2.75) is 47.0 Å². The van der Waals surface area contributed by atoms with Crippen molar-refractivity contribution < 1.29 is 0 Å². The van der Waals surface area contributed by atoms with Crippen LogP contribution >= 0.6 is 0 Å².